The largest absolute Gasteiger partial charge is 0.507 e. The molecule has 0 saturated carbocycles. The molecule has 7 heteroatoms. The van der Waals surface area contributed by atoms with Gasteiger partial charge in [-0.1, -0.05) is 18.2 Å². The molecule has 0 aromatic heterocycles. The lowest BCUT2D eigenvalue weighted by molar-refractivity contribution is -0.123. The number of ketones is 1. The van der Waals surface area contributed by atoms with Gasteiger partial charge < -0.3 is 24.8 Å². The van der Waals surface area contributed by atoms with Crippen LogP contribution >= 0.6 is 0 Å². The Labute approximate surface area is 151 Å². The lowest BCUT2D eigenvalue weighted by Gasteiger charge is -2.16. The van der Waals surface area contributed by atoms with Crippen LogP contribution in [0.5, 0.6) is 11.5 Å². The second-order valence-electron chi connectivity index (χ2n) is 6.05. The first kappa shape index (κ1) is 19.7. The number of carbonyl (C=O) groups excluding carboxylic acids is 2. The molecular weight excluding hydrogens is 340 g/mol. The van der Waals surface area contributed by atoms with E-state index in [4.69, 9.17) is 9.47 Å². The maximum Gasteiger partial charge on any atom is 0.342 e. The minimum absolute atomic E-state index is 0.0567. The van der Waals surface area contributed by atoms with E-state index in [-0.39, 0.29) is 29.7 Å². The predicted octanol–water partition coefficient (Wildman–Crippen LogP) is 1.60. The fraction of sp³-hybridized carbons (Fsp3) is 0.368. The number of carbonyl (C=O) groups is 2. The Hall–Kier alpha value is -2.64. The molecule has 1 aliphatic rings. The van der Waals surface area contributed by atoms with E-state index >= 15 is 0 Å². The van der Waals surface area contributed by atoms with E-state index in [0.717, 1.165) is 0 Å². The molecule has 1 aromatic carbocycles. The first-order valence-electron chi connectivity index (χ1n) is 8.18. The number of phenols is 1. The van der Waals surface area contributed by atoms with Gasteiger partial charge >= 0.3 is 5.97 Å². The molecule has 0 saturated heterocycles. The van der Waals surface area contributed by atoms with E-state index in [2.05, 4.69) is 0 Å². The van der Waals surface area contributed by atoms with Crippen molar-refractivity contribution in [1.82, 2.24) is 0 Å². The number of benzene rings is 1. The number of aliphatic hydroxyl groups is 2. The summed E-state index contributed by atoms with van der Waals surface area (Å²) in [6.45, 7) is 1.65. The van der Waals surface area contributed by atoms with Crippen molar-refractivity contribution < 1.29 is 34.4 Å². The van der Waals surface area contributed by atoms with E-state index in [1.807, 2.05) is 0 Å². The Morgan fingerprint density at radius 3 is 2.62 bits per heavy atom. The van der Waals surface area contributed by atoms with Crippen LogP contribution in [-0.4, -0.2) is 52.5 Å². The van der Waals surface area contributed by atoms with Gasteiger partial charge in [-0.25, -0.2) is 4.79 Å². The molecule has 3 atom stereocenters. The van der Waals surface area contributed by atoms with E-state index in [0.29, 0.717) is 5.75 Å². The molecule has 1 unspecified atom stereocenters. The third-order valence-corrected chi connectivity index (χ3v) is 3.91. The molecular formula is C19H22O7. The van der Waals surface area contributed by atoms with Crippen LogP contribution in [0, 0.1) is 0 Å². The molecule has 26 heavy (non-hydrogen) atoms. The second kappa shape index (κ2) is 8.64. The summed E-state index contributed by atoms with van der Waals surface area (Å²) >= 11 is 0. The third kappa shape index (κ3) is 4.93. The van der Waals surface area contributed by atoms with Gasteiger partial charge in [0.05, 0.1) is 13.2 Å². The Morgan fingerprint density at radius 1 is 1.19 bits per heavy atom. The summed E-state index contributed by atoms with van der Waals surface area (Å²) in [5.74, 6) is -1.26. The van der Waals surface area contributed by atoms with E-state index in [1.54, 1.807) is 6.92 Å². The van der Waals surface area contributed by atoms with Gasteiger partial charge in [0.25, 0.3) is 0 Å². The monoisotopic (exact) mass is 362 g/mol. The molecule has 1 aromatic rings. The zero-order valence-electron chi connectivity index (χ0n) is 14.6. The van der Waals surface area contributed by atoms with Gasteiger partial charge in [-0.2, -0.15) is 0 Å². The number of fused-ring (bicyclic) bond motifs is 1. The standard InChI is InChI=1S/C19H22O7/c1-11-4-3-5-15(21)16(22)9-13(20)7-6-12-8-14(25-2)10-17(23)18(12)19(24)26-11/h3,5-8,10-11,13,16,20,22-23H,4,9H2,1-2H3/b5-3-,7-6+/t11-,13?,16-/m0/s1. The second-order valence-corrected chi connectivity index (χ2v) is 6.05. The average molecular weight is 362 g/mol. The van der Waals surface area contributed by atoms with Gasteiger partial charge in [0.15, 0.2) is 5.78 Å². The van der Waals surface area contributed by atoms with Gasteiger partial charge in [0, 0.05) is 18.9 Å². The number of phenolic OH excluding ortho intramolecular Hbond substituents is 1. The third-order valence-electron chi connectivity index (χ3n) is 3.91. The van der Waals surface area contributed by atoms with Crippen LogP contribution in [0.4, 0.5) is 0 Å². The smallest absolute Gasteiger partial charge is 0.342 e. The number of ether oxygens (including phenoxy) is 2. The summed E-state index contributed by atoms with van der Waals surface area (Å²) in [6.07, 6.45) is 2.48. The first-order valence-corrected chi connectivity index (χ1v) is 8.18. The van der Waals surface area contributed by atoms with Crippen molar-refractivity contribution in [2.75, 3.05) is 7.11 Å². The number of esters is 1. The molecule has 0 aliphatic carbocycles. The summed E-state index contributed by atoms with van der Waals surface area (Å²) in [6, 6.07) is 2.80. The number of hydrogen-bond donors (Lipinski definition) is 3. The lowest BCUT2D eigenvalue weighted by Crippen LogP contribution is -2.24. The van der Waals surface area contributed by atoms with Crippen LogP contribution in [0.2, 0.25) is 0 Å². The summed E-state index contributed by atoms with van der Waals surface area (Å²) in [5.41, 5.74) is 0.227. The Bertz CT molecular complexity index is 736. The quantitative estimate of drug-likeness (QED) is 0.650. The molecule has 0 amide bonds. The van der Waals surface area contributed by atoms with Crippen molar-refractivity contribution in [3.05, 3.63) is 41.5 Å². The van der Waals surface area contributed by atoms with Crippen molar-refractivity contribution in [3.63, 3.8) is 0 Å². The number of aliphatic hydroxyl groups excluding tert-OH is 2. The van der Waals surface area contributed by atoms with Crippen molar-refractivity contribution in [3.8, 4) is 11.5 Å². The number of rotatable bonds is 1. The Kier molecular flexibility index (Phi) is 6.54. The summed E-state index contributed by atoms with van der Waals surface area (Å²) < 4.78 is 10.4. The van der Waals surface area contributed by atoms with Gasteiger partial charge in [0.1, 0.15) is 29.3 Å². The Balaban J connectivity index is 2.47. The predicted molar refractivity (Wildman–Crippen MR) is 94.0 cm³/mol. The minimum atomic E-state index is -1.34. The summed E-state index contributed by atoms with van der Waals surface area (Å²) in [7, 11) is 1.41. The minimum Gasteiger partial charge on any atom is -0.507 e. The molecule has 7 nitrogen and oxygen atoms in total. The Morgan fingerprint density at radius 2 is 1.92 bits per heavy atom. The van der Waals surface area contributed by atoms with Gasteiger partial charge in [-0.3, -0.25) is 4.79 Å². The summed E-state index contributed by atoms with van der Waals surface area (Å²) in [5, 5.41) is 30.0. The highest BCUT2D eigenvalue weighted by Gasteiger charge is 2.22. The highest BCUT2D eigenvalue weighted by Crippen LogP contribution is 2.30. The van der Waals surface area contributed by atoms with Crippen LogP contribution in [0.3, 0.4) is 0 Å². The van der Waals surface area contributed by atoms with Gasteiger partial charge in [-0.05, 0) is 24.6 Å². The molecule has 0 spiro atoms. The van der Waals surface area contributed by atoms with Crippen molar-refractivity contribution >= 4 is 17.8 Å². The molecule has 2 rings (SSSR count). The van der Waals surface area contributed by atoms with Crippen LogP contribution in [-0.2, 0) is 9.53 Å². The molecule has 1 aliphatic heterocycles. The zero-order chi connectivity index (χ0) is 19.3. The number of cyclic esters (lactones) is 1. The van der Waals surface area contributed by atoms with Crippen LogP contribution in [0.25, 0.3) is 6.08 Å². The molecule has 1 heterocycles. The lowest BCUT2D eigenvalue weighted by atomic mass is 10.0. The molecule has 3 N–H and O–H groups in total. The molecule has 140 valence electrons. The van der Waals surface area contributed by atoms with Gasteiger partial charge in [0.2, 0.25) is 0 Å². The first-order chi connectivity index (χ1) is 12.3. The molecule has 0 radical (unpaired) electrons. The fourth-order valence-corrected chi connectivity index (χ4v) is 2.51. The average Bonchev–Trinajstić information content (AvgIpc) is 2.58. The van der Waals surface area contributed by atoms with E-state index < -0.39 is 30.1 Å². The number of hydrogen-bond acceptors (Lipinski definition) is 7. The van der Waals surface area contributed by atoms with E-state index in [1.165, 1.54) is 43.5 Å². The van der Waals surface area contributed by atoms with Crippen LogP contribution < -0.4 is 4.74 Å². The van der Waals surface area contributed by atoms with Crippen molar-refractivity contribution in [2.45, 2.75) is 38.1 Å². The molecule has 0 fully saturated rings. The van der Waals surface area contributed by atoms with Crippen LogP contribution in [0.15, 0.2) is 30.4 Å². The molecule has 0 bridgehead atoms. The van der Waals surface area contributed by atoms with Crippen molar-refractivity contribution in [1.29, 1.82) is 0 Å². The fourth-order valence-electron chi connectivity index (χ4n) is 2.51. The maximum atomic E-state index is 12.5. The zero-order valence-corrected chi connectivity index (χ0v) is 14.6. The highest BCUT2D eigenvalue weighted by molar-refractivity contribution is 5.97. The van der Waals surface area contributed by atoms with Gasteiger partial charge in [-0.15, -0.1) is 0 Å². The normalized spacial score (nSPS) is 27.0. The number of aromatic hydroxyl groups is 1. The number of methoxy groups -OCH3 is 1. The maximum absolute atomic E-state index is 12.5. The SMILES string of the molecule is COc1cc(O)c2c(c1)/C=C/C(O)C[C@H](O)C(=O)/C=C\C[C@H](C)OC2=O. The van der Waals surface area contributed by atoms with E-state index in [9.17, 15) is 24.9 Å². The summed E-state index contributed by atoms with van der Waals surface area (Å²) in [4.78, 5) is 24.3. The highest BCUT2D eigenvalue weighted by atomic mass is 16.5. The van der Waals surface area contributed by atoms with Crippen LogP contribution in [0.1, 0.15) is 35.7 Å². The van der Waals surface area contributed by atoms with Crippen molar-refractivity contribution in [2.24, 2.45) is 0 Å². The topological polar surface area (TPSA) is 113 Å².